The zero-order valence-corrected chi connectivity index (χ0v) is 11.5. The van der Waals surface area contributed by atoms with Gasteiger partial charge in [0, 0.05) is 7.05 Å². The largest absolute Gasteiger partial charge is 0.478 e. The Morgan fingerprint density at radius 1 is 1.56 bits per heavy atom. The topological polar surface area (TPSA) is 96.5 Å². The van der Waals surface area contributed by atoms with E-state index in [0.717, 1.165) is 18.0 Å². The van der Waals surface area contributed by atoms with Gasteiger partial charge in [-0.15, -0.1) is 0 Å². The summed E-state index contributed by atoms with van der Waals surface area (Å²) in [6, 6.07) is -0.607. The molecule has 1 unspecified atom stereocenters. The molecule has 0 aromatic carbocycles. The first-order valence-corrected chi connectivity index (χ1v) is 6.40. The molecule has 0 radical (unpaired) electrons. The Morgan fingerprint density at radius 3 is 2.67 bits per heavy atom. The summed E-state index contributed by atoms with van der Waals surface area (Å²) in [6.45, 7) is 3.54. The van der Waals surface area contributed by atoms with E-state index in [2.05, 4.69) is 4.37 Å². The van der Waals surface area contributed by atoms with Crippen LogP contribution in [0.1, 0.15) is 35.8 Å². The number of carboxylic acids is 1. The summed E-state index contributed by atoms with van der Waals surface area (Å²) in [5.74, 6) is -1.37. The molecule has 1 atom stereocenters. The fourth-order valence-corrected chi connectivity index (χ4v) is 2.47. The zero-order chi connectivity index (χ0) is 13.9. The number of anilines is 1. The number of rotatable bonds is 5. The molecule has 0 fully saturated rings. The number of nitrogens with two attached hydrogens (primary N) is 1. The van der Waals surface area contributed by atoms with Crippen molar-refractivity contribution in [3.05, 3.63) is 11.3 Å². The van der Waals surface area contributed by atoms with Gasteiger partial charge in [-0.05, 0) is 24.9 Å². The second kappa shape index (κ2) is 5.92. The van der Waals surface area contributed by atoms with Crippen LogP contribution in [-0.4, -0.2) is 34.4 Å². The maximum Gasteiger partial charge on any atom is 0.340 e. The molecule has 0 aliphatic heterocycles. The monoisotopic (exact) mass is 271 g/mol. The van der Waals surface area contributed by atoms with Crippen LogP contribution in [0.15, 0.2) is 0 Å². The van der Waals surface area contributed by atoms with Gasteiger partial charge in [-0.25, -0.2) is 4.79 Å². The Hall–Kier alpha value is -1.47. The third kappa shape index (κ3) is 2.85. The first kappa shape index (κ1) is 14.6. The summed E-state index contributed by atoms with van der Waals surface area (Å²) < 4.78 is 3.97. The average molecular weight is 271 g/mol. The van der Waals surface area contributed by atoms with Gasteiger partial charge in [-0.3, -0.25) is 4.79 Å². The van der Waals surface area contributed by atoms with Crippen molar-refractivity contribution in [2.75, 3.05) is 11.9 Å². The first-order valence-electron chi connectivity index (χ1n) is 5.62. The van der Waals surface area contributed by atoms with Crippen LogP contribution in [0.3, 0.4) is 0 Å². The molecule has 0 saturated heterocycles. The molecular weight excluding hydrogens is 254 g/mol. The standard InChI is InChI=1S/C11H17N3O3S/c1-4-5-7(12)9(15)14(3)10-8(11(16)17)6(2)13-18-10/h7H,4-5,12H2,1-3H3,(H,16,17). The predicted octanol–water partition coefficient (Wildman–Crippen LogP) is 1.24. The van der Waals surface area contributed by atoms with Crippen LogP contribution >= 0.6 is 11.5 Å². The van der Waals surface area contributed by atoms with Crippen LogP contribution in [0.4, 0.5) is 5.00 Å². The number of nitrogens with zero attached hydrogens (tertiary/aromatic N) is 2. The lowest BCUT2D eigenvalue weighted by atomic mass is 10.1. The molecule has 100 valence electrons. The van der Waals surface area contributed by atoms with Crippen LogP contribution in [0.5, 0.6) is 0 Å². The van der Waals surface area contributed by atoms with E-state index in [9.17, 15) is 9.59 Å². The number of hydrogen-bond acceptors (Lipinski definition) is 5. The van der Waals surface area contributed by atoms with E-state index in [1.807, 2.05) is 6.92 Å². The summed E-state index contributed by atoms with van der Waals surface area (Å²) in [5, 5.41) is 9.44. The molecular formula is C11H17N3O3S. The number of carbonyl (C=O) groups is 2. The number of likely N-dealkylation sites (N-methyl/N-ethyl adjacent to an activating group) is 1. The molecule has 1 aromatic heterocycles. The Labute approximate surface area is 110 Å². The highest BCUT2D eigenvalue weighted by atomic mass is 32.1. The van der Waals surface area contributed by atoms with Gasteiger partial charge in [-0.1, -0.05) is 13.3 Å². The van der Waals surface area contributed by atoms with E-state index in [1.165, 1.54) is 11.9 Å². The summed E-state index contributed by atoms with van der Waals surface area (Å²) in [7, 11) is 1.53. The Kier molecular flexibility index (Phi) is 4.80. The Balaban J connectivity index is 3.00. The molecule has 18 heavy (non-hydrogen) atoms. The average Bonchev–Trinajstić information content (AvgIpc) is 2.69. The molecule has 0 saturated carbocycles. The molecule has 0 aliphatic carbocycles. The molecule has 7 heteroatoms. The van der Waals surface area contributed by atoms with Gasteiger partial charge in [0.1, 0.15) is 10.6 Å². The van der Waals surface area contributed by atoms with Gasteiger partial charge < -0.3 is 15.7 Å². The summed E-state index contributed by atoms with van der Waals surface area (Å²) in [6.07, 6.45) is 1.37. The number of aryl methyl sites for hydroxylation is 1. The van der Waals surface area contributed by atoms with Crippen LogP contribution in [-0.2, 0) is 4.79 Å². The van der Waals surface area contributed by atoms with Crippen molar-refractivity contribution in [1.82, 2.24) is 4.37 Å². The third-order valence-electron chi connectivity index (χ3n) is 2.61. The number of aromatic carboxylic acids is 1. The van der Waals surface area contributed by atoms with Gasteiger partial charge in [0.15, 0.2) is 0 Å². The fourth-order valence-electron chi connectivity index (χ4n) is 1.62. The Bertz CT molecular complexity index is 458. The van der Waals surface area contributed by atoms with Crippen molar-refractivity contribution < 1.29 is 14.7 Å². The maximum atomic E-state index is 12.0. The van der Waals surface area contributed by atoms with Gasteiger partial charge in [0.2, 0.25) is 5.91 Å². The fraction of sp³-hybridized carbons (Fsp3) is 0.545. The van der Waals surface area contributed by atoms with Gasteiger partial charge in [-0.2, -0.15) is 4.37 Å². The number of carbonyl (C=O) groups excluding carboxylic acids is 1. The van der Waals surface area contributed by atoms with Gasteiger partial charge in [0.25, 0.3) is 0 Å². The molecule has 0 bridgehead atoms. The van der Waals surface area contributed by atoms with Crippen LogP contribution in [0.2, 0.25) is 0 Å². The number of aromatic nitrogens is 1. The lowest BCUT2D eigenvalue weighted by molar-refractivity contribution is -0.119. The summed E-state index contributed by atoms with van der Waals surface area (Å²) in [4.78, 5) is 24.4. The van der Waals surface area contributed by atoms with Crippen molar-refractivity contribution >= 4 is 28.4 Å². The lowest BCUT2D eigenvalue weighted by Crippen LogP contribution is -2.41. The van der Waals surface area contributed by atoms with Crippen LogP contribution < -0.4 is 10.6 Å². The number of hydrogen-bond donors (Lipinski definition) is 2. The lowest BCUT2D eigenvalue weighted by Gasteiger charge is -2.19. The molecule has 1 amide bonds. The Morgan fingerprint density at radius 2 is 2.17 bits per heavy atom. The molecule has 0 spiro atoms. The van der Waals surface area contributed by atoms with E-state index < -0.39 is 12.0 Å². The van der Waals surface area contributed by atoms with Crippen molar-refractivity contribution in [2.24, 2.45) is 5.73 Å². The first-order chi connectivity index (χ1) is 8.40. The normalized spacial score (nSPS) is 12.2. The zero-order valence-electron chi connectivity index (χ0n) is 10.6. The minimum absolute atomic E-state index is 0.0690. The van der Waals surface area contributed by atoms with Crippen LogP contribution in [0.25, 0.3) is 0 Å². The SMILES string of the molecule is CCCC(N)C(=O)N(C)c1snc(C)c1C(=O)O. The van der Waals surface area contributed by atoms with E-state index in [1.54, 1.807) is 6.92 Å². The van der Waals surface area contributed by atoms with Crippen molar-refractivity contribution in [1.29, 1.82) is 0 Å². The van der Waals surface area contributed by atoms with Crippen molar-refractivity contribution in [3.8, 4) is 0 Å². The van der Waals surface area contributed by atoms with Crippen molar-refractivity contribution in [2.45, 2.75) is 32.7 Å². The van der Waals surface area contributed by atoms with Crippen molar-refractivity contribution in [3.63, 3.8) is 0 Å². The smallest absolute Gasteiger partial charge is 0.340 e. The highest BCUT2D eigenvalue weighted by Gasteiger charge is 2.26. The van der Waals surface area contributed by atoms with Gasteiger partial charge >= 0.3 is 5.97 Å². The number of carboxylic acid groups (broad SMARTS) is 1. The summed E-state index contributed by atoms with van der Waals surface area (Å²) in [5.41, 5.74) is 6.22. The maximum absolute atomic E-state index is 12.0. The molecule has 3 N–H and O–H groups in total. The second-order valence-corrected chi connectivity index (χ2v) is 4.80. The minimum Gasteiger partial charge on any atom is -0.478 e. The third-order valence-corrected chi connectivity index (χ3v) is 3.63. The van der Waals surface area contributed by atoms with E-state index >= 15 is 0 Å². The number of amides is 1. The quantitative estimate of drug-likeness (QED) is 0.839. The second-order valence-electron chi connectivity index (χ2n) is 4.05. The predicted molar refractivity (Wildman–Crippen MR) is 70.1 cm³/mol. The van der Waals surface area contributed by atoms with Crippen LogP contribution in [0, 0.1) is 6.92 Å². The van der Waals surface area contributed by atoms with E-state index in [4.69, 9.17) is 10.8 Å². The highest BCUT2D eigenvalue weighted by molar-refractivity contribution is 7.11. The van der Waals surface area contributed by atoms with E-state index in [-0.39, 0.29) is 11.5 Å². The molecule has 6 nitrogen and oxygen atoms in total. The minimum atomic E-state index is -1.08. The summed E-state index contributed by atoms with van der Waals surface area (Å²) >= 11 is 0.995. The molecule has 1 rings (SSSR count). The van der Waals surface area contributed by atoms with Gasteiger partial charge in [0.05, 0.1) is 11.7 Å². The molecule has 0 aliphatic rings. The molecule has 1 heterocycles. The highest BCUT2D eigenvalue weighted by Crippen LogP contribution is 2.28. The molecule has 1 aromatic rings. The van der Waals surface area contributed by atoms with E-state index in [0.29, 0.717) is 17.1 Å².